The Bertz CT molecular complexity index is 693. The first kappa shape index (κ1) is 13.2. The van der Waals surface area contributed by atoms with E-state index in [1.807, 2.05) is 36.4 Å². The summed E-state index contributed by atoms with van der Waals surface area (Å²) in [7, 11) is 0. The smallest absolute Gasteiger partial charge is 0.122 e. The van der Waals surface area contributed by atoms with Gasteiger partial charge in [-0.3, -0.25) is 0 Å². The summed E-state index contributed by atoms with van der Waals surface area (Å²) in [5.74, 6) is -0.152. The zero-order chi connectivity index (χ0) is 15.1. The van der Waals surface area contributed by atoms with E-state index in [0.29, 0.717) is 13.2 Å². The van der Waals surface area contributed by atoms with Crippen molar-refractivity contribution in [2.45, 2.75) is 18.8 Å². The van der Waals surface area contributed by atoms with Crippen LogP contribution in [0.5, 0.6) is 11.5 Å². The normalized spacial score (nSPS) is 15.1. The standard InChI is InChI=1S/C18H16O4/c19-18(20)17(13-1-3-15-11(9-13)5-7-21-15)14-2-4-16-12(10-14)6-8-22-16/h1-4,9-10,17H,5-8H2,(H,19,20)/p-1. The number of carbonyl (C=O) groups excluding carboxylic acids is 1. The Labute approximate surface area is 128 Å². The van der Waals surface area contributed by atoms with E-state index in [9.17, 15) is 9.90 Å². The van der Waals surface area contributed by atoms with Crippen molar-refractivity contribution in [2.75, 3.05) is 13.2 Å². The molecule has 0 unspecified atom stereocenters. The number of hydrogen-bond donors (Lipinski definition) is 0. The highest BCUT2D eigenvalue weighted by Crippen LogP contribution is 2.34. The number of ether oxygens (including phenoxy) is 2. The SMILES string of the molecule is O=C([O-])C(c1ccc2c(c1)CCO2)c1ccc2c(c1)CCO2. The van der Waals surface area contributed by atoms with Gasteiger partial charge in [-0.15, -0.1) is 0 Å². The van der Waals surface area contributed by atoms with E-state index in [1.165, 1.54) is 0 Å². The summed E-state index contributed by atoms with van der Waals surface area (Å²) in [4.78, 5) is 11.7. The second-order valence-corrected chi connectivity index (χ2v) is 5.68. The van der Waals surface area contributed by atoms with Crippen molar-refractivity contribution in [1.82, 2.24) is 0 Å². The molecule has 112 valence electrons. The molecule has 4 heteroatoms. The molecule has 0 aliphatic carbocycles. The van der Waals surface area contributed by atoms with E-state index in [1.54, 1.807) is 0 Å². The van der Waals surface area contributed by atoms with E-state index in [0.717, 1.165) is 46.6 Å². The third-order valence-corrected chi connectivity index (χ3v) is 4.33. The molecule has 0 amide bonds. The summed E-state index contributed by atoms with van der Waals surface area (Å²) >= 11 is 0. The van der Waals surface area contributed by atoms with Crippen LogP contribution < -0.4 is 14.6 Å². The van der Waals surface area contributed by atoms with Crippen LogP contribution in [0.2, 0.25) is 0 Å². The highest BCUT2D eigenvalue weighted by Gasteiger charge is 2.21. The van der Waals surface area contributed by atoms with Crippen molar-refractivity contribution in [3.63, 3.8) is 0 Å². The average molecular weight is 295 g/mol. The third kappa shape index (κ3) is 2.11. The lowest BCUT2D eigenvalue weighted by Gasteiger charge is -2.20. The van der Waals surface area contributed by atoms with Crippen molar-refractivity contribution in [3.05, 3.63) is 58.7 Å². The fraction of sp³-hybridized carbons (Fsp3) is 0.278. The van der Waals surface area contributed by atoms with Gasteiger partial charge in [0.2, 0.25) is 0 Å². The topological polar surface area (TPSA) is 58.6 Å². The second-order valence-electron chi connectivity index (χ2n) is 5.68. The summed E-state index contributed by atoms with van der Waals surface area (Å²) in [6, 6.07) is 11.2. The van der Waals surface area contributed by atoms with Gasteiger partial charge < -0.3 is 19.4 Å². The van der Waals surface area contributed by atoms with Crippen molar-refractivity contribution in [2.24, 2.45) is 0 Å². The predicted molar refractivity (Wildman–Crippen MR) is 78.1 cm³/mol. The van der Waals surface area contributed by atoms with E-state index in [4.69, 9.17) is 9.47 Å². The lowest BCUT2D eigenvalue weighted by molar-refractivity contribution is -0.306. The lowest BCUT2D eigenvalue weighted by Crippen LogP contribution is -2.30. The van der Waals surface area contributed by atoms with Gasteiger partial charge in [-0.2, -0.15) is 0 Å². The monoisotopic (exact) mass is 295 g/mol. The van der Waals surface area contributed by atoms with E-state index < -0.39 is 11.9 Å². The molecule has 2 aromatic carbocycles. The minimum Gasteiger partial charge on any atom is -0.549 e. The third-order valence-electron chi connectivity index (χ3n) is 4.33. The first-order valence-corrected chi connectivity index (χ1v) is 7.44. The van der Waals surface area contributed by atoms with Crippen LogP contribution in [0.15, 0.2) is 36.4 Å². The molecular formula is C18H15O4-. The maximum absolute atomic E-state index is 11.7. The summed E-state index contributed by atoms with van der Waals surface area (Å²) in [6.45, 7) is 1.32. The molecular weight excluding hydrogens is 280 g/mol. The van der Waals surface area contributed by atoms with E-state index in [2.05, 4.69) is 0 Å². The molecule has 0 bridgehead atoms. The first-order chi connectivity index (χ1) is 10.7. The van der Waals surface area contributed by atoms with Crippen LogP contribution in [0.25, 0.3) is 0 Å². The number of benzene rings is 2. The highest BCUT2D eigenvalue weighted by atomic mass is 16.5. The van der Waals surface area contributed by atoms with E-state index in [-0.39, 0.29) is 0 Å². The molecule has 0 atom stereocenters. The van der Waals surface area contributed by atoms with Gasteiger partial charge in [0, 0.05) is 18.8 Å². The molecule has 2 heterocycles. The molecule has 0 saturated carbocycles. The number of fused-ring (bicyclic) bond motifs is 2. The quantitative estimate of drug-likeness (QED) is 0.859. The molecule has 0 radical (unpaired) electrons. The number of aliphatic carboxylic acids is 1. The fourth-order valence-electron chi connectivity index (χ4n) is 3.24. The Kier molecular flexibility index (Phi) is 3.03. The molecule has 2 aliphatic rings. The van der Waals surface area contributed by atoms with Gasteiger partial charge in [0.05, 0.1) is 19.2 Å². The van der Waals surface area contributed by atoms with Gasteiger partial charge >= 0.3 is 0 Å². The minimum absolute atomic E-state index is 0.658. The molecule has 0 spiro atoms. The average Bonchev–Trinajstić information content (AvgIpc) is 3.14. The van der Waals surface area contributed by atoms with Crippen molar-refractivity contribution < 1.29 is 19.4 Å². The maximum atomic E-state index is 11.7. The Morgan fingerprint density at radius 2 is 1.41 bits per heavy atom. The van der Waals surface area contributed by atoms with Crippen molar-refractivity contribution >= 4 is 5.97 Å². The Morgan fingerprint density at radius 3 is 1.86 bits per heavy atom. The maximum Gasteiger partial charge on any atom is 0.122 e. The van der Waals surface area contributed by atoms with Gasteiger partial charge in [-0.1, -0.05) is 24.3 Å². The Balaban J connectivity index is 1.76. The molecule has 0 aromatic heterocycles. The zero-order valence-corrected chi connectivity index (χ0v) is 12.0. The number of hydrogen-bond acceptors (Lipinski definition) is 4. The Hall–Kier alpha value is -2.49. The summed E-state index contributed by atoms with van der Waals surface area (Å²) in [6.07, 6.45) is 1.64. The molecule has 22 heavy (non-hydrogen) atoms. The van der Waals surface area contributed by atoms with Gasteiger partial charge in [0.1, 0.15) is 11.5 Å². The van der Waals surface area contributed by atoms with Gasteiger partial charge in [-0.25, -0.2) is 0 Å². The van der Waals surface area contributed by atoms with Crippen LogP contribution in [0.1, 0.15) is 28.2 Å². The molecule has 0 N–H and O–H groups in total. The minimum atomic E-state index is -1.09. The predicted octanol–water partition coefficient (Wildman–Crippen LogP) is 1.44. The van der Waals surface area contributed by atoms with Gasteiger partial charge in [0.25, 0.3) is 0 Å². The van der Waals surface area contributed by atoms with Crippen LogP contribution in [0, 0.1) is 0 Å². The number of rotatable bonds is 3. The van der Waals surface area contributed by atoms with Gasteiger partial charge in [0.15, 0.2) is 0 Å². The largest absolute Gasteiger partial charge is 0.549 e. The number of carboxylic acid groups (broad SMARTS) is 1. The van der Waals surface area contributed by atoms with Crippen LogP contribution >= 0.6 is 0 Å². The van der Waals surface area contributed by atoms with Crippen molar-refractivity contribution in [1.29, 1.82) is 0 Å². The van der Waals surface area contributed by atoms with Gasteiger partial charge in [-0.05, 0) is 34.4 Å². The van der Waals surface area contributed by atoms with Crippen LogP contribution in [0.3, 0.4) is 0 Å². The number of carbonyl (C=O) groups is 1. The van der Waals surface area contributed by atoms with E-state index >= 15 is 0 Å². The molecule has 4 nitrogen and oxygen atoms in total. The second kappa shape index (κ2) is 5.05. The van der Waals surface area contributed by atoms with Crippen molar-refractivity contribution in [3.8, 4) is 11.5 Å². The number of carboxylic acids is 1. The first-order valence-electron chi connectivity index (χ1n) is 7.44. The van der Waals surface area contributed by atoms with Crippen LogP contribution in [-0.2, 0) is 17.6 Å². The molecule has 0 fully saturated rings. The zero-order valence-electron chi connectivity index (χ0n) is 12.0. The molecule has 2 aliphatic heterocycles. The molecule has 2 aromatic rings. The summed E-state index contributed by atoms with van der Waals surface area (Å²) in [5, 5.41) is 11.7. The summed E-state index contributed by atoms with van der Waals surface area (Å²) < 4.78 is 11.0. The fourth-order valence-corrected chi connectivity index (χ4v) is 3.24. The highest BCUT2D eigenvalue weighted by molar-refractivity contribution is 5.79. The summed E-state index contributed by atoms with van der Waals surface area (Å²) in [5.41, 5.74) is 3.60. The Morgan fingerprint density at radius 1 is 0.909 bits per heavy atom. The molecule has 4 rings (SSSR count). The molecule has 0 saturated heterocycles. The van der Waals surface area contributed by atoms with Crippen LogP contribution in [0.4, 0.5) is 0 Å². The van der Waals surface area contributed by atoms with Crippen LogP contribution in [-0.4, -0.2) is 19.2 Å². The lowest BCUT2D eigenvalue weighted by atomic mass is 9.89.